The Morgan fingerprint density at radius 1 is 1.04 bits per heavy atom. The van der Waals surface area contributed by atoms with Crippen LogP contribution in [0.5, 0.6) is 0 Å². The third kappa shape index (κ3) is 3.01. The molecule has 0 aliphatic heterocycles. The summed E-state index contributed by atoms with van der Waals surface area (Å²) < 4.78 is 1.97. The maximum absolute atomic E-state index is 12.8. The number of fused-ring (bicyclic) bond motifs is 1. The van der Waals surface area contributed by atoms with E-state index < -0.39 is 0 Å². The van der Waals surface area contributed by atoms with Crippen molar-refractivity contribution in [1.82, 2.24) is 24.8 Å². The van der Waals surface area contributed by atoms with Gasteiger partial charge in [0.2, 0.25) is 4.96 Å². The largest absolute Gasteiger partial charge is 0.291 e. The molecule has 0 bridgehead atoms. The van der Waals surface area contributed by atoms with Crippen LogP contribution < -0.4 is 10.1 Å². The fourth-order valence-corrected chi connectivity index (χ4v) is 4.03. The van der Waals surface area contributed by atoms with Gasteiger partial charge in [0.05, 0.1) is 16.4 Å². The fraction of sp³-hybridized carbons (Fsp3) is 0.0476. The van der Waals surface area contributed by atoms with Crippen molar-refractivity contribution in [2.75, 3.05) is 0 Å². The molecule has 0 saturated carbocycles. The Kier molecular flexibility index (Phi) is 4.06. The molecule has 136 valence electrons. The number of hydrogen-bond donors (Lipinski definition) is 1. The second-order valence-electron chi connectivity index (χ2n) is 6.37. The molecule has 5 rings (SSSR count). The van der Waals surface area contributed by atoms with Gasteiger partial charge in [-0.05, 0) is 11.6 Å². The van der Waals surface area contributed by atoms with E-state index in [1.54, 1.807) is 6.20 Å². The summed E-state index contributed by atoms with van der Waals surface area (Å²) in [6.07, 6.45) is 4.16. The molecular formula is C21H15N5OS. The molecule has 5 aromatic rings. The summed E-state index contributed by atoms with van der Waals surface area (Å²) in [6.45, 7) is 0. The molecule has 3 aromatic heterocycles. The maximum Gasteiger partial charge on any atom is 0.291 e. The summed E-state index contributed by atoms with van der Waals surface area (Å²) in [7, 11) is 0. The number of nitrogens with zero attached hydrogens (tertiary/aromatic N) is 4. The lowest BCUT2D eigenvalue weighted by atomic mass is 10.1. The van der Waals surface area contributed by atoms with Crippen LogP contribution in [0.25, 0.3) is 22.3 Å². The van der Waals surface area contributed by atoms with Crippen LogP contribution in [0.3, 0.4) is 0 Å². The van der Waals surface area contributed by atoms with Crippen LogP contribution in [0.1, 0.15) is 17.0 Å². The highest BCUT2D eigenvalue weighted by Gasteiger charge is 2.12. The molecule has 0 spiro atoms. The smallest absolute Gasteiger partial charge is 0.277 e. The Morgan fingerprint density at radius 3 is 2.54 bits per heavy atom. The quantitative estimate of drug-likeness (QED) is 0.516. The zero-order chi connectivity index (χ0) is 18.9. The molecule has 0 unspecified atom stereocenters. The molecule has 3 heterocycles. The number of hydrogen-bond acceptors (Lipinski definition) is 5. The minimum atomic E-state index is -0.160. The number of aromatic nitrogens is 5. The second kappa shape index (κ2) is 6.86. The summed E-state index contributed by atoms with van der Waals surface area (Å²) in [5.74, 6) is 0.648. The molecular weight excluding hydrogens is 370 g/mol. The van der Waals surface area contributed by atoms with Crippen molar-refractivity contribution in [2.45, 2.75) is 6.42 Å². The number of benzene rings is 2. The lowest BCUT2D eigenvalue weighted by Crippen LogP contribution is -2.23. The number of nitrogens with one attached hydrogen (secondary N) is 1. The Labute approximate surface area is 163 Å². The molecule has 0 aliphatic carbocycles. The Morgan fingerprint density at radius 2 is 1.79 bits per heavy atom. The first-order valence-electron chi connectivity index (χ1n) is 8.81. The minimum absolute atomic E-state index is 0.160. The molecule has 0 amide bonds. The molecule has 0 atom stereocenters. The van der Waals surface area contributed by atoms with E-state index in [-0.39, 0.29) is 5.56 Å². The highest BCUT2D eigenvalue weighted by Crippen LogP contribution is 2.21. The van der Waals surface area contributed by atoms with Crippen molar-refractivity contribution in [2.24, 2.45) is 0 Å². The van der Waals surface area contributed by atoms with Crippen molar-refractivity contribution in [3.63, 3.8) is 0 Å². The molecule has 7 heteroatoms. The van der Waals surface area contributed by atoms with Gasteiger partial charge in [-0.25, -0.2) is 4.98 Å². The summed E-state index contributed by atoms with van der Waals surface area (Å²) in [6, 6.07) is 19.9. The molecule has 0 fully saturated rings. The monoisotopic (exact) mass is 385 g/mol. The van der Waals surface area contributed by atoms with Gasteiger partial charge in [-0.15, -0.1) is 5.10 Å². The standard InChI is InChI=1S/C21H15N5OS/c27-20-17(12-16-13-22-24-19(16)15-9-5-2-6-10-15)28-21-23-18(25-26(20)21)11-14-7-3-1-4-8-14/h1-10,12-13H,11H2,(H,22,24)/b17-12-. The van der Waals surface area contributed by atoms with Crippen molar-refractivity contribution in [3.05, 3.63) is 98.7 Å². The van der Waals surface area contributed by atoms with Gasteiger partial charge in [0, 0.05) is 17.5 Å². The highest BCUT2D eigenvalue weighted by molar-refractivity contribution is 7.15. The highest BCUT2D eigenvalue weighted by atomic mass is 32.1. The predicted molar refractivity (Wildman–Crippen MR) is 109 cm³/mol. The van der Waals surface area contributed by atoms with Crippen molar-refractivity contribution < 1.29 is 0 Å². The summed E-state index contributed by atoms with van der Waals surface area (Å²) >= 11 is 1.34. The lowest BCUT2D eigenvalue weighted by Gasteiger charge is -1.98. The van der Waals surface area contributed by atoms with Gasteiger partial charge in [0.1, 0.15) is 0 Å². The van der Waals surface area contributed by atoms with Crippen LogP contribution >= 0.6 is 11.3 Å². The number of aromatic amines is 1. The van der Waals surface area contributed by atoms with E-state index >= 15 is 0 Å². The molecule has 6 nitrogen and oxygen atoms in total. The van der Waals surface area contributed by atoms with Crippen molar-refractivity contribution in [3.8, 4) is 11.3 Å². The number of H-pyrrole nitrogens is 1. The van der Waals surface area contributed by atoms with Gasteiger partial charge in [-0.2, -0.15) is 9.61 Å². The zero-order valence-corrected chi connectivity index (χ0v) is 15.6. The summed E-state index contributed by atoms with van der Waals surface area (Å²) in [5, 5.41) is 11.5. The molecule has 1 N–H and O–H groups in total. The zero-order valence-electron chi connectivity index (χ0n) is 14.7. The Bertz CT molecular complexity index is 1350. The minimum Gasteiger partial charge on any atom is -0.277 e. The second-order valence-corrected chi connectivity index (χ2v) is 7.38. The van der Waals surface area contributed by atoms with E-state index in [1.807, 2.05) is 66.7 Å². The average Bonchev–Trinajstić information content (AvgIpc) is 3.41. The topological polar surface area (TPSA) is 75.9 Å². The normalized spacial score (nSPS) is 12.1. The SMILES string of the molecule is O=c1/c(=C/c2cn[nH]c2-c2ccccc2)sc2nc(Cc3ccccc3)nn12. The van der Waals surface area contributed by atoms with Crippen molar-refractivity contribution >= 4 is 22.4 Å². The van der Waals surface area contributed by atoms with Crippen LogP contribution in [0, 0.1) is 0 Å². The van der Waals surface area contributed by atoms with Crippen LogP contribution in [-0.2, 0) is 6.42 Å². The van der Waals surface area contributed by atoms with E-state index in [0.29, 0.717) is 21.7 Å². The van der Waals surface area contributed by atoms with E-state index in [1.165, 1.54) is 15.9 Å². The van der Waals surface area contributed by atoms with Gasteiger partial charge >= 0.3 is 0 Å². The molecule has 0 saturated heterocycles. The Balaban J connectivity index is 1.53. The molecule has 2 aromatic carbocycles. The Hall–Kier alpha value is -3.58. The number of rotatable bonds is 4. The van der Waals surface area contributed by atoms with E-state index in [0.717, 1.165) is 22.4 Å². The molecule has 28 heavy (non-hydrogen) atoms. The molecule has 0 aliphatic rings. The van der Waals surface area contributed by atoms with Gasteiger partial charge in [-0.1, -0.05) is 72.0 Å². The van der Waals surface area contributed by atoms with Crippen LogP contribution in [0.15, 0.2) is 71.7 Å². The summed E-state index contributed by atoms with van der Waals surface area (Å²) in [4.78, 5) is 17.9. The van der Waals surface area contributed by atoms with Crippen LogP contribution in [0.4, 0.5) is 0 Å². The predicted octanol–water partition coefficient (Wildman–Crippen LogP) is 2.68. The van der Waals surface area contributed by atoms with Crippen LogP contribution in [-0.4, -0.2) is 24.8 Å². The van der Waals surface area contributed by atoms with Crippen LogP contribution in [0.2, 0.25) is 0 Å². The van der Waals surface area contributed by atoms with Crippen molar-refractivity contribution in [1.29, 1.82) is 0 Å². The first-order chi connectivity index (χ1) is 13.8. The van der Waals surface area contributed by atoms with E-state index in [9.17, 15) is 4.79 Å². The number of thiazole rings is 1. The first-order valence-corrected chi connectivity index (χ1v) is 9.62. The first kappa shape index (κ1) is 16.6. The van der Waals surface area contributed by atoms with E-state index in [2.05, 4.69) is 20.3 Å². The summed E-state index contributed by atoms with van der Waals surface area (Å²) in [5.41, 5.74) is 3.71. The third-order valence-corrected chi connectivity index (χ3v) is 5.41. The van der Waals surface area contributed by atoms with Gasteiger partial charge in [0.15, 0.2) is 5.82 Å². The average molecular weight is 385 g/mol. The third-order valence-electron chi connectivity index (χ3n) is 4.45. The van der Waals surface area contributed by atoms with Gasteiger partial charge < -0.3 is 0 Å². The maximum atomic E-state index is 12.8. The fourth-order valence-electron chi connectivity index (χ4n) is 3.11. The van der Waals surface area contributed by atoms with Gasteiger partial charge in [-0.3, -0.25) is 9.89 Å². The lowest BCUT2D eigenvalue weighted by molar-refractivity contribution is 0.879. The van der Waals surface area contributed by atoms with E-state index in [4.69, 9.17) is 0 Å². The van der Waals surface area contributed by atoms with Gasteiger partial charge in [0.25, 0.3) is 5.56 Å². The molecule has 0 radical (unpaired) electrons.